The van der Waals surface area contributed by atoms with Gasteiger partial charge in [0.1, 0.15) is 12.3 Å². The molecule has 2 N–H and O–H groups in total. The first-order chi connectivity index (χ1) is 12.4. The number of nitrogens with one attached hydrogen (secondary N) is 1. The molecule has 0 aromatic heterocycles. The van der Waals surface area contributed by atoms with Gasteiger partial charge < -0.3 is 10.4 Å². The van der Waals surface area contributed by atoms with Crippen LogP contribution in [-0.2, 0) is 9.59 Å². The summed E-state index contributed by atoms with van der Waals surface area (Å²) < 4.78 is 0.725. The van der Waals surface area contributed by atoms with Gasteiger partial charge in [0.25, 0.3) is 11.1 Å². The summed E-state index contributed by atoms with van der Waals surface area (Å²) >= 11 is 4.02. The molecule has 0 aliphatic carbocycles. The largest absolute Gasteiger partial charge is 0.507 e. The van der Waals surface area contributed by atoms with Gasteiger partial charge in [-0.3, -0.25) is 19.3 Å². The maximum Gasteiger partial charge on any atom is 0.294 e. The van der Waals surface area contributed by atoms with Crippen molar-refractivity contribution in [3.63, 3.8) is 0 Å². The number of carbonyl (C=O) groups excluding carboxylic acids is 3. The Morgan fingerprint density at radius 2 is 1.92 bits per heavy atom. The Hall–Kier alpha value is -2.58. The van der Waals surface area contributed by atoms with Crippen molar-refractivity contribution in [3.05, 3.63) is 63.5 Å². The first-order valence-corrected chi connectivity index (χ1v) is 9.14. The van der Waals surface area contributed by atoms with E-state index >= 15 is 0 Å². The monoisotopic (exact) mass is 432 g/mol. The molecule has 3 amide bonds. The van der Waals surface area contributed by atoms with Crippen molar-refractivity contribution in [2.75, 3.05) is 11.9 Å². The van der Waals surface area contributed by atoms with Gasteiger partial charge in [0.2, 0.25) is 5.91 Å². The van der Waals surface area contributed by atoms with Gasteiger partial charge in [-0.1, -0.05) is 34.1 Å². The van der Waals surface area contributed by atoms with Crippen LogP contribution in [0.15, 0.2) is 57.9 Å². The summed E-state index contributed by atoms with van der Waals surface area (Å²) in [6.45, 7) is -0.374. The Morgan fingerprint density at radius 3 is 2.65 bits per heavy atom. The Morgan fingerprint density at radius 1 is 1.19 bits per heavy atom. The van der Waals surface area contributed by atoms with Crippen molar-refractivity contribution >= 4 is 56.5 Å². The molecule has 1 saturated heterocycles. The minimum absolute atomic E-state index is 0.0122. The molecule has 8 heteroatoms. The van der Waals surface area contributed by atoms with Crippen molar-refractivity contribution in [3.8, 4) is 5.75 Å². The molecule has 0 atom stereocenters. The lowest BCUT2D eigenvalue weighted by atomic mass is 10.2. The second-order valence-electron chi connectivity index (χ2n) is 5.39. The van der Waals surface area contributed by atoms with Gasteiger partial charge in [-0.2, -0.15) is 0 Å². The fraction of sp³-hybridized carbons (Fsp3) is 0.0556. The molecule has 1 aliphatic rings. The molecule has 3 rings (SSSR count). The van der Waals surface area contributed by atoms with Crippen LogP contribution >= 0.6 is 27.7 Å². The number of rotatable bonds is 4. The lowest BCUT2D eigenvalue weighted by Crippen LogP contribution is -2.36. The van der Waals surface area contributed by atoms with Gasteiger partial charge in [0, 0.05) is 15.7 Å². The third-order valence-corrected chi connectivity index (χ3v) is 4.91. The van der Waals surface area contributed by atoms with E-state index in [4.69, 9.17) is 0 Å². The van der Waals surface area contributed by atoms with Gasteiger partial charge in [-0.15, -0.1) is 0 Å². The van der Waals surface area contributed by atoms with E-state index in [1.807, 2.05) is 6.07 Å². The SMILES string of the molecule is O=C(CN1C(=O)S/C(=C\c2cc(Br)ccc2O)C1=O)Nc1ccccc1. The van der Waals surface area contributed by atoms with E-state index in [0.29, 0.717) is 11.3 Å². The molecule has 0 radical (unpaired) electrons. The average Bonchev–Trinajstić information content (AvgIpc) is 2.86. The van der Waals surface area contributed by atoms with Crippen molar-refractivity contribution < 1.29 is 19.5 Å². The summed E-state index contributed by atoms with van der Waals surface area (Å²) in [5.74, 6) is -1.05. The highest BCUT2D eigenvalue weighted by Gasteiger charge is 2.36. The van der Waals surface area contributed by atoms with Crippen molar-refractivity contribution in [2.24, 2.45) is 0 Å². The number of benzene rings is 2. The summed E-state index contributed by atoms with van der Waals surface area (Å²) in [6.07, 6.45) is 1.43. The number of anilines is 1. The molecule has 1 fully saturated rings. The fourth-order valence-electron chi connectivity index (χ4n) is 2.28. The maximum atomic E-state index is 12.4. The summed E-state index contributed by atoms with van der Waals surface area (Å²) in [7, 11) is 0. The van der Waals surface area contributed by atoms with Gasteiger partial charge in [0.15, 0.2) is 0 Å². The first kappa shape index (κ1) is 18.2. The zero-order chi connectivity index (χ0) is 18.7. The molecule has 0 spiro atoms. The molecule has 6 nitrogen and oxygen atoms in total. The molecule has 2 aromatic rings. The van der Waals surface area contributed by atoms with Crippen molar-refractivity contribution in [1.29, 1.82) is 0 Å². The smallest absolute Gasteiger partial charge is 0.294 e. The number of amides is 3. The highest BCUT2D eigenvalue weighted by atomic mass is 79.9. The number of carbonyl (C=O) groups is 3. The summed E-state index contributed by atoms with van der Waals surface area (Å²) in [6, 6.07) is 13.5. The Balaban J connectivity index is 1.73. The Labute approximate surface area is 162 Å². The lowest BCUT2D eigenvalue weighted by Gasteiger charge is -2.12. The van der Waals surface area contributed by atoms with Crippen LogP contribution in [0.1, 0.15) is 5.56 Å². The normalized spacial score (nSPS) is 15.6. The molecule has 1 aliphatic heterocycles. The predicted octanol–water partition coefficient (Wildman–Crippen LogP) is 3.83. The zero-order valence-corrected chi connectivity index (χ0v) is 15.7. The van der Waals surface area contributed by atoms with E-state index in [-0.39, 0.29) is 17.2 Å². The van der Waals surface area contributed by atoms with E-state index in [9.17, 15) is 19.5 Å². The van der Waals surface area contributed by atoms with E-state index < -0.39 is 17.1 Å². The highest BCUT2D eigenvalue weighted by Crippen LogP contribution is 2.34. The highest BCUT2D eigenvalue weighted by molar-refractivity contribution is 9.10. The van der Waals surface area contributed by atoms with Crippen LogP contribution in [0, 0.1) is 0 Å². The summed E-state index contributed by atoms with van der Waals surface area (Å²) in [4.78, 5) is 37.7. The topological polar surface area (TPSA) is 86.7 Å². The van der Waals surface area contributed by atoms with Crippen LogP contribution in [0.5, 0.6) is 5.75 Å². The molecule has 1 heterocycles. The number of thioether (sulfide) groups is 1. The zero-order valence-electron chi connectivity index (χ0n) is 13.3. The number of para-hydroxylation sites is 1. The van der Waals surface area contributed by atoms with Crippen LogP contribution in [0.2, 0.25) is 0 Å². The lowest BCUT2D eigenvalue weighted by molar-refractivity contribution is -0.127. The fourth-order valence-corrected chi connectivity index (χ4v) is 3.49. The van der Waals surface area contributed by atoms with Gasteiger partial charge >= 0.3 is 0 Å². The second-order valence-corrected chi connectivity index (χ2v) is 7.29. The van der Waals surface area contributed by atoms with Gasteiger partial charge in [-0.25, -0.2) is 0 Å². The van der Waals surface area contributed by atoms with Crippen LogP contribution in [-0.4, -0.2) is 33.6 Å². The number of hydrogen-bond donors (Lipinski definition) is 2. The predicted molar refractivity (Wildman–Crippen MR) is 104 cm³/mol. The third kappa shape index (κ3) is 4.14. The number of nitrogens with zero attached hydrogens (tertiary/aromatic N) is 1. The molecule has 132 valence electrons. The van der Waals surface area contributed by atoms with Crippen molar-refractivity contribution in [2.45, 2.75) is 0 Å². The van der Waals surface area contributed by atoms with Crippen LogP contribution in [0.3, 0.4) is 0 Å². The molecule has 0 bridgehead atoms. The van der Waals surface area contributed by atoms with E-state index in [1.54, 1.807) is 36.4 Å². The van der Waals surface area contributed by atoms with Crippen molar-refractivity contribution in [1.82, 2.24) is 4.90 Å². The Bertz CT molecular complexity index is 915. The van der Waals surface area contributed by atoms with E-state index in [1.165, 1.54) is 12.1 Å². The number of aromatic hydroxyl groups is 1. The van der Waals surface area contributed by atoms with Crippen LogP contribution < -0.4 is 5.32 Å². The minimum atomic E-state index is -0.567. The molecular formula is C18H13BrN2O4S. The average molecular weight is 433 g/mol. The van der Waals surface area contributed by atoms with E-state index in [0.717, 1.165) is 21.1 Å². The van der Waals surface area contributed by atoms with Gasteiger partial charge in [0.05, 0.1) is 4.91 Å². The number of phenols is 1. The maximum absolute atomic E-state index is 12.4. The summed E-state index contributed by atoms with van der Waals surface area (Å²) in [5, 5.41) is 12.0. The Kier molecular flexibility index (Phi) is 5.43. The molecule has 2 aromatic carbocycles. The third-order valence-electron chi connectivity index (χ3n) is 3.51. The molecular weight excluding hydrogens is 420 g/mol. The van der Waals surface area contributed by atoms with Gasteiger partial charge in [-0.05, 0) is 48.2 Å². The second kappa shape index (κ2) is 7.76. The molecule has 0 unspecified atom stereocenters. The van der Waals surface area contributed by atoms with Crippen LogP contribution in [0.4, 0.5) is 10.5 Å². The number of hydrogen-bond acceptors (Lipinski definition) is 5. The number of phenolic OH excluding ortho intramolecular Hbond substituents is 1. The minimum Gasteiger partial charge on any atom is -0.507 e. The number of halogens is 1. The number of imide groups is 1. The van der Waals surface area contributed by atoms with Crippen LogP contribution in [0.25, 0.3) is 6.08 Å². The first-order valence-electron chi connectivity index (χ1n) is 7.53. The quantitative estimate of drug-likeness (QED) is 0.716. The molecule has 26 heavy (non-hydrogen) atoms. The summed E-state index contributed by atoms with van der Waals surface area (Å²) in [5.41, 5.74) is 0.984. The molecule has 0 saturated carbocycles. The standard InChI is InChI=1S/C18H13BrN2O4S/c19-12-6-7-14(22)11(8-12)9-15-17(24)21(18(25)26-15)10-16(23)20-13-4-2-1-3-5-13/h1-9,22H,10H2,(H,20,23)/b15-9-. The van der Waals surface area contributed by atoms with E-state index in [2.05, 4.69) is 21.2 Å².